The van der Waals surface area contributed by atoms with Gasteiger partial charge in [-0.25, -0.2) is 0 Å². The van der Waals surface area contributed by atoms with Gasteiger partial charge in [-0.15, -0.1) is 0 Å². The smallest absolute Gasteiger partial charge is 0.239 e. The van der Waals surface area contributed by atoms with Gasteiger partial charge in [0.2, 0.25) is 5.91 Å². The molecule has 2 fully saturated rings. The van der Waals surface area contributed by atoms with Gasteiger partial charge in [0, 0.05) is 19.6 Å². The zero-order chi connectivity index (χ0) is 14.5. The molecular formula is C16H31N3O. The Morgan fingerprint density at radius 2 is 1.80 bits per heavy atom. The fraction of sp³-hybridized carbons (Fsp3) is 0.938. The van der Waals surface area contributed by atoms with Crippen LogP contribution in [0.4, 0.5) is 0 Å². The second-order valence-electron chi connectivity index (χ2n) is 6.86. The lowest BCUT2D eigenvalue weighted by Crippen LogP contribution is -2.55. The summed E-state index contributed by atoms with van der Waals surface area (Å²) in [6, 6.07) is 0.667. The van der Waals surface area contributed by atoms with Gasteiger partial charge >= 0.3 is 0 Å². The van der Waals surface area contributed by atoms with Crippen LogP contribution in [0.15, 0.2) is 0 Å². The normalized spacial score (nSPS) is 30.1. The summed E-state index contributed by atoms with van der Waals surface area (Å²) in [6.07, 6.45) is 8.64. The molecule has 2 aliphatic rings. The van der Waals surface area contributed by atoms with E-state index in [-0.39, 0.29) is 6.04 Å². The van der Waals surface area contributed by atoms with E-state index in [1.54, 1.807) is 0 Å². The maximum absolute atomic E-state index is 12.5. The summed E-state index contributed by atoms with van der Waals surface area (Å²) < 4.78 is 0. The number of likely N-dealkylation sites (N-methyl/N-ethyl adjacent to an activating group) is 1. The first-order valence-corrected chi connectivity index (χ1v) is 8.23. The second kappa shape index (κ2) is 7.41. The number of hydrogen-bond donors (Lipinski definition) is 1. The second-order valence-corrected chi connectivity index (χ2v) is 6.86. The van der Waals surface area contributed by atoms with Crippen LogP contribution in [0.5, 0.6) is 0 Å². The Bertz CT molecular complexity index is 319. The van der Waals surface area contributed by atoms with Crippen LogP contribution in [0.25, 0.3) is 0 Å². The molecule has 1 saturated carbocycles. The van der Waals surface area contributed by atoms with E-state index >= 15 is 0 Å². The summed E-state index contributed by atoms with van der Waals surface area (Å²) in [4.78, 5) is 16.6. The average molecular weight is 281 g/mol. The van der Waals surface area contributed by atoms with Gasteiger partial charge in [-0.2, -0.15) is 0 Å². The van der Waals surface area contributed by atoms with Crippen LogP contribution in [-0.2, 0) is 4.79 Å². The van der Waals surface area contributed by atoms with Gasteiger partial charge in [0.15, 0.2) is 0 Å². The number of rotatable bonds is 5. The van der Waals surface area contributed by atoms with Crippen LogP contribution >= 0.6 is 0 Å². The Labute approximate surface area is 123 Å². The van der Waals surface area contributed by atoms with Crippen molar-refractivity contribution in [2.75, 3.05) is 34.2 Å². The van der Waals surface area contributed by atoms with Crippen LogP contribution in [0.2, 0.25) is 0 Å². The highest BCUT2D eigenvalue weighted by molar-refractivity contribution is 5.81. The highest BCUT2D eigenvalue weighted by Gasteiger charge is 2.35. The third-order valence-corrected chi connectivity index (χ3v) is 4.92. The van der Waals surface area contributed by atoms with Crippen LogP contribution in [-0.4, -0.2) is 62.0 Å². The molecule has 0 bridgehead atoms. The van der Waals surface area contributed by atoms with Crippen molar-refractivity contribution in [3.63, 3.8) is 0 Å². The molecule has 4 nitrogen and oxygen atoms in total. The third-order valence-electron chi connectivity index (χ3n) is 4.92. The Morgan fingerprint density at radius 1 is 1.05 bits per heavy atom. The maximum atomic E-state index is 12.5. The van der Waals surface area contributed by atoms with Crippen LogP contribution in [0.3, 0.4) is 0 Å². The summed E-state index contributed by atoms with van der Waals surface area (Å²) in [7, 11) is 6.11. The molecule has 0 aromatic carbocycles. The Kier molecular flexibility index (Phi) is 5.85. The molecular weight excluding hydrogens is 250 g/mol. The molecule has 4 heteroatoms. The van der Waals surface area contributed by atoms with Crippen molar-refractivity contribution in [3.05, 3.63) is 0 Å². The SMILES string of the molecule is CN(C)CCCN(C)C(=O)C1CCC2CCCCC2N1. The Morgan fingerprint density at radius 3 is 2.55 bits per heavy atom. The molecule has 1 amide bonds. The molecule has 0 spiro atoms. The van der Waals surface area contributed by atoms with E-state index in [4.69, 9.17) is 0 Å². The van der Waals surface area contributed by atoms with E-state index < -0.39 is 0 Å². The predicted octanol–water partition coefficient (Wildman–Crippen LogP) is 1.71. The van der Waals surface area contributed by atoms with Gasteiger partial charge in [0.05, 0.1) is 6.04 Å². The van der Waals surface area contributed by atoms with Crippen molar-refractivity contribution in [2.24, 2.45) is 5.92 Å². The van der Waals surface area contributed by atoms with Crippen LogP contribution in [0.1, 0.15) is 44.9 Å². The van der Waals surface area contributed by atoms with E-state index in [2.05, 4.69) is 24.3 Å². The maximum Gasteiger partial charge on any atom is 0.239 e. The lowest BCUT2D eigenvalue weighted by atomic mass is 9.77. The fourth-order valence-corrected chi connectivity index (χ4v) is 3.69. The number of piperidine rings is 1. The minimum Gasteiger partial charge on any atom is -0.344 e. The molecule has 0 aromatic heterocycles. The summed E-state index contributed by atoms with van der Waals surface area (Å²) in [5.74, 6) is 1.12. The van der Waals surface area contributed by atoms with Gasteiger partial charge in [-0.05, 0) is 58.7 Å². The van der Waals surface area contributed by atoms with Crippen LogP contribution in [0, 0.1) is 5.92 Å². The standard InChI is InChI=1S/C16H31N3O/c1-18(2)11-6-12-19(3)16(20)15-10-9-13-7-4-5-8-14(13)17-15/h13-15,17H,4-12H2,1-3H3. The van der Waals surface area contributed by atoms with Gasteiger partial charge in [0.25, 0.3) is 0 Å². The zero-order valence-corrected chi connectivity index (χ0v) is 13.4. The molecule has 1 saturated heterocycles. The van der Waals surface area contributed by atoms with Gasteiger partial charge < -0.3 is 15.1 Å². The fourth-order valence-electron chi connectivity index (χ4n) is 3.69. The molecule has 0 aromatic rings. The van der Waals surface area contributed by atoms with Crippen molar-refractivity contribution in [1.82, 2.24) is 15.1 Å². The lowest BCUT2D eigenvalue weighted by Gasteiger charge is -2.40. The molecule has 0 radical (unpaired) electrons. The number of hydrogen-bond acceptors (Lipinski definition) is 3. The monoisotopic (exact) mass is 281 g/mol. The summed E-state index contributed by atoms with van der Waals surface area (Å²) in [5, 5.41) is 3.63. The van der Waals surface area contributed by atoms with E-state index in [1.165, 1.54) is 32.1 Å². The lowest BCUT2D eigenvalue weighted by molar-refractivity contribution is -0.133. The molecule has 1 aliphatic heterocycles. The number of amides is 1. The molecule has 1 aliphatic carbocycles. The van der Waals surface area contributed by atoms with E-state index in [0.717, 1.165) is 31.8 Å². The number of nitrogens with one attached hydrogen (secondary N) is 1. The molecule has 116 valence electrons. The van der Waals surface area contributed by atoms with E-state index in [9.17, 15) is 4.79 Å². The number of fused-ring (bicyclic) bond motifs is 1. The summed E-state index contributed by atoms with van der Waals surface area (Å²) >= 11 is 0. The van der Waals surface area contributed by atoms with Crippen molar-refractivity contribution in [3.8, 4) is 0 Å². The molecule has 1 heterocycles. The first-order valence-electron chi connectivity index (χ1n) is 8.23. The van der Waals surface area contributed by atoms with Gasteiger partial charge in [-0.1, -0.05) is 12.8 Å². The van der Waals surface area contributed by atoms with Crippen molar-refractivity contribution < 1.29 is 4.79 Å². The number of carbonyl (C=O) groups excluding carboxylic acids is 1. The first kappa shape index (κ1) is 15.8. The molecule has 20 heavy (non-hydrogen) atoms. The van der Waals surface area contributed by atoms with Crippen molar-refractivity contribution in [1.29, 1.82) is 0 Å². The van der Waals surface area contributed by atoms with Gasteiger partial charge in [-0.3, -0.25) is 4.79 Å². The highest BCUT2D eigenvalue weighted by atomic mass is 16.2. The molecule has 3 atom stereocenters. The minimum absolute atomic E-state index is 0.0682. The number of carbonyl (C=O) groups is 1. The highest BCUT2D eigenvalue weighted by Crippen LogP contribution is 2.32. The summed E-state index contributed by atoms with van der Waals surface area (Å²) in [6.45, 7) is 1.91. The molecule has 2 rings (SSSR count). The summed E-state index contributed by atoms with van der Waals surface area (Å²) in [5.41, 5.74) is 0. The van der Waals surface area contributed by atoms with Crippen molar-refractivity contribution >= 4 is 5.91 Å². The topological polar surface area (TPSA) is 35.6 Å². The third kappa shape index (κ3) is 4.19. The molecule has 1 N–H and O–H groups in total. The minimum atomic E-state index is 0.0682. The van der Waals surface area contributed by atoms with Crippen LogP contribution < -0.4 is 5.32 Å². The zero-order valence-electron chi connectivity index (χ0n) is 13.4. The van der Waals surface area contributed by atoms with Crippen molar-refractivity contribution in [2.45, 2.75) is 57.0 Å². The molecule has 3 unspecified atom stereocenters. The Balaban J connectivity index is 1.77. The largest absolute Gasteiger partial charge is 0.344 e. The Hall–Kier alpha value is -0.610. The quantitative estimate of drug-likeness (QED) is 0.833. The average Bonchev–Trinajstić information content (AvgIpc) is 2.45. The number of nitrogens with zero attached hydrogens (tertiary/aromatic N) is 2. The van der Waals surface area contributed by atoms with E-state index in [1.807, 2.05) is 11.9 Å². The van der Waals surface area contributed by atoms with Gasteiger partial charge in [0.1, 0.15) is 0 Å². The predicted molar refractivity (Wildman–Crippen MR) is 82.7 cm³/mol. The first-order chi connectivity index (χ1) is 9.58. The van der Waals surface area contributed by atoms with E-state index in [0.29, 0.717) is 11.9 Å².